The molecule has 1 amide bonds. The summed E-state index contributed by atoms with van der Waals surface area (Å²) in [7, 11) is 3.13. The van der Waals surface area contributed by atoms with E-state index in [-0.39, 0.29) is 24.5 Å². The van der Waals surface area contributed by atoms with Crippen molar-refractivity contribution in [3.05, 3.63) is 23.8 Å². The standard InChI is InChI=1S/C15H21NO5/c1-9-14(12(18)8-17)16(15(9)19)7-10-4-5-11(20-2)6-13(10)21-3/h4-6,9,12,14,17-18H,7-8H2,1-3H3/t9-,12-,14-/m0/s1. The number of hydrogen-bond donors (Lipinski definition) is 2. The third-order valence-corrected chi connectivity index (χ3v) is 3.96. The molecule has 3 atom stereocenters. The molecule has 0 saturated carbocycles. The molecule has 1 aliphatic rings. The number of benzene rings is 1. The summed E-state index contributed by atoms with van der Waals surface area (Å²) in [6, 6.07) is 5.01. The van der Waals surface area contributed by atoms with Gasteiger partial charge in [-0.05, 0) is 12.1 Å². The van der Waals surface area contributed by atoms with Crippen molar-refractivity contribution in [1.82, 2.24) is 4.90 Å². The summed E-state index contributed by atoms with van der Waals surface area (Å²) in [5, 5.41) is 18.9. The van der Waals surface area contributed by atoms with Crippen LogP contribution >= 0.6 is 0 Å². The average molecular weight is 295 g/mol. The lowest BCUT2D eigenvalue weighted by molar-refractivity contribution is -0.166. The molecule has 1 aromatic carbocycles. The lowest BCUT2D eigenvalue weighted by Gasteiger charge is -2.47. The highest BCUT2D eigenvalue weighted by molar-refractivity contribution is 5.86. The number of aliphatic hydroxyl groups excluding tert-OH is 2. The van der Waals surface area contributed by atoms with Gasteiger partial charge < -0.3 is 24.6 Å². The summed E-state index contributed by atoms with van der Waals surface area (Å²) in [6.07, 6.45) is -0.929. The third-order valence-electron chi connectivity index (χ3n) is 3.96. The molecule has 2 rings (SSSR count). The van der Waals surface area contributed by atoms with Gasteiger partial charge in [0.2, 0.25) is 5.91 Å². The second-order valence-electron chi connectivity index (χ2n) is 5.17. The zero-order chi connectivity index (χ0) is 15.6. The molecule has 0 spiro atoms. The molecule has 0 unspecified atom stereocenters. The van der Waals surface area contributed by atoms with E-state index in [4.69, 9.17) is 14.6 Å². The lowest BCUT2D eigenvalue weighted by Crippen LogP contribution is -2.64. The van der Waals surface area contributed by atoms with Crippen LogP contribution in [0.4, 0.5) is 0 Å². The van der Waals surface area contributed by atoms with Crippen LogP contribution in [0.3, 0.4) is 0 Å². The van der Waals surface area contributed by atoms with E-state index in [2.05, 4.69) is 0 Å². The number of rotatable bonds is 6. The van der Waals surface area contributed by atoms with Crippen LogP contribution in [0.2, 0.25) is 0 Å². The molecular weight excluding hydrogens is 274 g/mol. The normalized spacial score (nSPS) is 22.7. The SMILES string of the molecule is COc1ccc(CN2C(=O)[C@@H](C)[C@H]2[C@@H](O)CO)c(OC)c1. The Kier molecular flexibility index (Phi) is 4.69. The van der Waals surface area contributed by atoms with Gasteiger partial charge in [-0.3, -0.25) is 4.79 Å². The molecule has 1 fully saturated rings. The predicted octanol–water partition coefficient (Wildman–Crippen LogP) is 0.404. The zero-order valence-electron chi connectivity index (χ0n) is 12.4. The van der Waals surface area contributed by atoms with Crippen LogP contribution in [0.25, 0.3) is 0 Å². The second-order valence-corrected chi connectivity index (χ2v) is 5.17. The first-order valence-corrected chi connectivity index (χ1v) is 6.83. The zero-order valence-corrected chi connectivity index (χ0v) is 12.4. The largest absolute Gasteiger partial charge is 0.497 e. The molecule has 0 bridgehead atoms. The quantitative estimate of drug-likeness (QED) is 0.743. The average Bonchev–Trinajstić information content (AvgIpc) is 2.53. The number of β-lactam (4-membered cyclic amide) rings is 1. The van der Waals surface area contributed by atoms with Crippen molar-refractivity contribution in [1.29, 1.82) is 0 Å². The van der Waals surface area contributed by atoms with Crippen molar-refractivity contribution >= 4 is 5.91 Å². The van der Waals surface area contributed by atoms with Crippen molar-refractivity contribution in [2.75, 3.05) is 20.8 Å². The third kappa shape index (κ3) is 2.82. The Hall–Kier alpha value is -1.79. The Morgan fingerprint density at radius 3 is 2.62 bits per heavy atom. The maximum Gasteiger partial charge on any atom is 0.228 e. The number of carbonyl (C=O) groups is 1. The van der Waals surface area contributed by atoms with Gasteiger partial charge in [0.1, 0.15) is 11.5 Å². The van der Waals surface area contributed by atoms with Crippen LogP contribution in [0, 0.1) is 5.92 Å². The summed E-state index contributed by atoms with van der Waals surface area (Å²) in [5.74, 6) is 0.978. The van der Waals surface area contributed by atoms with Crippen molar-refractivity contribution in [3.8, 4) is 11.5 Å². The first kappa shape index (κ1) is 15.6. The summed E-state index contributed by atoms with van der Waals surface area (Å²) < 4.78 is 10.4. The van der Waals surface area contributed by atoms with Gasteiger partial charge in [0, 0.05) is 18.2 Å². The van der Waals surface area contributed by atoms with E-state index >= 15 is 0 Å². The first-order valence-electron chi connectivity index (χ1n) is 6.83. The molecule has 0 radical (unpaired) electrons. The number of likely N-dealkylation sites (tertiary alicyclic amines) is 1. The van der Waals surface area contributed by atoms with Crippen molar-refractivity contribution < 1.29 is 24.5 Å². The number of carbonyl (C=O) groups excluding carboxylic acids is 1. The molecule has 0 aromatic heterocycles. The van der Waals surface area contributed by atoms with Crippen molar-refractivity contribution in [2.45, 2.75) is 25.6 Å². The van der Waals surface area contributed by atoms with Crippen LogP contribution in [0.1, 0.15) is 12.5 Å². The summed E-state index contributed by atoms with van der Waals surface area (Å²) in [6.45, 7) is 1.73. The summed E-state index contributed by atoms with van der Waals surface area (Å²) in [4.78, 5) is 13.6. The number of methoxy groups -OCH3 is 2. The van der Waals surface area contributed by atoms with Gasteiger partial charge in [-0.2, -0.15) is 0 Å². The molecule has 6 heteroatoms. The smallest absolute Gasteiger partial charge is 0.228 e. The van der Waals surface area contributed by atoms with Crippen LogP contribution < -0.4 is 9.47 Å². The fourth-order valence-electron chi connectivity index (χ4n) is 2.74. The van der Waals surface area contributed by atoms with Gasteiger partial charge in [-0.25, -0.2) is 0 Å². The molecule has 1 saturated heterocycles. The molecule has 1 aromatic rings. The van der Waals surface area contributed by atoms with Gasteiger partial charge in [0.25, 0.3) is 0 Å². The molecular formula is C15H21NO5. The van der Waals surface area contributed by atoms with E-state index in [1.54, 1.807) is 38.2 Å². The van der Waals surface area contributed by atoms with Crippen molar-refractivity contribution in [2.24, 2.45) is 5.92 Å². The molecule has 1 heterocycles. The van der Waals surface area contributed by atoms with E-state index in [1.807, 2.05) is 6.07 Å². The number of amides is 1. The van der Waals surface area contributed by atoms with E-state index in [1.165, 1.54) is 0 Å². The van der Waals surface area contributed by atoms with Crippen LogP contribution in [0.5, 0.6) is 11.5 Å². The number of nitrogens with zero attached hydrogens (tertiary/aromatic N) is 1. The Labute approximate surface area is 123 Å². The van der Waals surface area contributed by atoms with Gasteiger partial charge >= 0.3 is 0 Å². The van der Waals surface area contributed by atoms with Gasteiger partial charge in [0.15, 0.2) is 0 Å². The number of aliphatic hydroxyl groups is 2. The monoisotopic (exact) mass is 295 g/mol. The highest BCUT2D eigenvalue weighted by Crippen LogP contribution is 2.33. The number of hydrogen-bond acceptors (Lipinski definition) is 5. The van der Waals surface area contributed by atoms with E-state index in [9.17, 15) is 9.90 Å². The lowest BCUT2D eigenvalue weighted by atomic mass is 9.84. The minimum atomic E-state index is -0.929. The maximum absolute atomic E-state index is 12.0. The Bertz CT molecular complexity index is 519. The van der Waals surface area contributed by atoms with E-state index in [0.29, 0.717) is 18.0 Å². The van der Waals surface area contributed by atoms with Crippen LogP contribution in [0.15, 0.2) is 18.2 Å². The van der Waals surface area contributed by atoms with Gasteiger partial charge in [0.05, 0.1) is 38.9 Å². The Morgan fingerprint density at radius 2 is 2.05 bits per heavy atom. The Balaban J connectivity index is 2.19. The topological polar surface area (TPSA) is 79.2 Å². The second kappa shape index (κ2) is 6.32. The fourth-order valence-corrected chi connectivity index (χ4v) is 2.74. The van der Waals surface area contributed by atoms with E-state index < -0.39 is 6.10 Å². The van der Waals surface area contributed by atoms with Crippen LogP contribution in [-0.2, 0) is 11.3 Å². The van der Waals surface area contributed by atoms with E-state index in [0.717, 1.165) is 5.56 Å². The highest BCUT2D eigenvalue weighted by Gasteiger charge is 2.47. The predicted molar refractivity (Wildman–Crippen MR) is 76.1 cm³/mol. The molecule has 1 aliphatic heterocycles. The maximum atomic E-state index is 12.0. The minimum Gasteiger partial charge on any atom is -0.497 e. The first-order chi connectivity index (χ1) is 10.0. The van der Waals surface area contributed by atoms with Gasteiger partial charge in [-0.15, -0.1) is 0 Å². The minimum absolute atomic E-state index is 0.0367. The molecule has 116 valence electrons. The Morgan fingerprint density at radius 1 is 1.33 bits per heavy atom. The molecule has 21 heavy (non-hydrogen) atoms. The summed E-state index contributed by atoms with van der Waals surface area (Å²) >= 11 is 0. The summed E-state index contributed by atoms with van der Waals surface area (Å²) in [5.41, 5.74) is 0.827. The van der Waals surface area contributed by atoms with Gasteiger partial charge in [-0.1, -0.05) is 6.92 Å². The fraction of sp³-hybridized carbons (Fsp3) is 0.533. The molecule has 2 N–H and O–H groups in total. The highest BCUT2D eigenvalue weighted by atomic mass is 16.5. The van der Waals surface area contributed by atoms with Crippen molar-refractivity contribution in [3.63, 3.8) is 0 Å². The molecule has 6 nitrogen and oxygen atoms in total. The number of ether oxygens (including phenoxy) is 2. The molecule has 0 aliphatic carbocycles. The van der Waals surface area contributed by atoms with Crippen LogP contribution in [-0.4, -0.2) is 54.0 Å².